The number of nitrogens with zero attached hydrogens (tertiary/aromatic N) is 5. The first-order valence-corrected chi connectivity index (χ1v) is 10.6. The van der Waals surface area contributed by atoms with Crippen LogP contribution in [0.2, 0.25) is 0 Å². The maximum atomic E-state index is 11.0. The largest absolute Gasteiger partial charge is 0.476 e. The number of anilines is 2. The summed E-state index contributed by atoms with van der Waals surface area (Å²) >= 11 is 5.80. The molecule has 8 nitrogen and oxygen atoms in total. The maximum Gasteiger partial charge on any atom is 0.356 e. The zero-order valence-electron chi connectivity index (χ0n) is 17.4. The molecule has 0 saturated carbocycles. The average Bonchev–Trinajstić information content (AvgIpc) is 2.79. The molecule has 0 aliphatic carbocycles. The minimum Gasteiger partial charge on any atom is -0.476 e. The van der Waals surface area contributed by atoms with E-state index in [4.69, 9.17) is 17.3 Å². The zero-order valence-corrected chi connectivity index (χ0v) is 18.2. The van der Waals surface area contributed by atoms with Gasteiger partial charge in [-0.25, -0.2) is 14.8 Å². The molecular formula is C22H24N6O2S. The molecule has 1 unspecified atom stereocenters. The number of rotatable bonds is 4. The topological polar surface area (TPSA) is 94.5 Å². The summed E-state index contributed by atoms with van der Waals surface area (Å²) < 4.78 is 0. The SMILES string of the molecule is CC(C)C1CN(c2cnc(C(=O)O)cn2)CCN1C(=S)Nc1cccc2ncccc12. The van der Waals surface area contributed by atoms with Crippen molar-refractivity contribution in [3.05, 3.63) is 54.6 Å². The number of pyridine rings is 1. The lowest BCUT2D eigenvalue weighted by Gasteiger charge is -2.45. The lowest BCUT2D eigenvalue weighted by atomic mass is 10.00. The molecule has 31 heavy (non-hydrogen) atoms. The lowest BCUT2D eigenvalue weighted by Crippen LogP contribution is -2.58. The highest BCUT2D eigenvalue weighted by atomic mass is 32.1. The van der Waals surface area contributed by atoms with E-state index in [2.05, 4.69) is 43.9 Å². The summed E-state index contributed by atoms with van der Waals surface area (Å²) in [4.78, 5) is 28.1. The second-order valence-corrected chi connectivity index (χ2v) is 8.21. The Hall–Kier alpha value is -3.33. The normalized spacial score (nSPS) is 16.5. The van der Waals surface area contributed by atoms with E-state index in [1.807, 2.05) is 30.3 Å². The maximum absolute atomic E-state index is 11.0. The Labute approximate surface area is 185 Å². The Morgan fingerprint density at radius 1 is 1.16 bits per heavy atom. The van der Waals surface area contributed by atoms with Crippen LogP contribution in [-0.4, -0.2) is 61.7 Å². The number of aromatic nitrogens is 3. The molecule has 1 aromatic carbocycles. The second-order valence-electron chi connectivity index (χ2n) is 7.82. The molecule has 0 spiro atoms. The molecule has 1 saturated heterocycles. The monoisotopic (exact) mass is 436 g/mol. The molecule has 0 radical (unpaired) electrons. The molecule has 2 aromatic heterocycles. The van der Waals surface area contributed by atoms with Crippen LogP contribution in [0.5, 0.6) is 0 Å². The van der Waals surface area contributed by atoms with E-state index in [-0.39, 0.29) is 11.7 Å². The summed E-state index contributed by atoms with van der Waals surface area (Å²) in [6, 6.07) is 10.1. The highest BCUT2D eigenvalue weighted by molar-refractivity contribution is 7.80. The second kappa shape index (κ2) is 8.81. The minimum absolute atomic E-state index is 0.0576. The van der Waals surface area contributed by atoms with Crippen molar-refractivity contribution < 1.29 is 9.90 Å². The number of nitrogens with one attached hydrogen (secondary N) is 1. The Bertz CT molecular complexity index is 1100. The number of hydrogen-bond donors (Lipinski definition) is 2. The van der Waals surface area contributed by atoms with Gasteiger partial charge in [-0.1, -0.05) is 19.9 Å². The highest BCUT2D eigenvalue weighted by Crippen LogP contribution is 2.25. The lowest BCUT2D eigenvalue weighted by molar-refractivity contribution is 0.0690. The standard InChI is InChI=1S/C22H24N6O2S/c1-14(2)19-13-27(20-12-24-18(11-25-20)21(29)30)9-10-28(19)22(31)26-17-7-3-6-16-15(17)5-4-8-23-16/h3-8,11-12,14,19H,9-10,13H2,1-2H3,(H,26,31)(H,29,30). The summed E-state index contributed by atoms with van der Waals surface area (Å²) in [7, 11) is 0. The quantitative estimate of drug-likeness (QED) is 0.598. The predicted octanol–water partition coefficient (Wildman–Crippen LogP) is 3.27. The van der Waals surface area contributed by atoms with E-state index in [0.717, 1.165) is 29.7 Å². The van der Waals surface area contributed by atoms with Crippen LogP contribution in [0.15, 0.2) is 48.9 Å². The number of carboxylic acids is 1. The fourth-order valence-corrected chi connectivity index (χ4v) is 4.17. The van der Waals surface area contributed by atoms with E-state index >= 15 is 0 Å². The van der Waals surface area contributed by atoms with Crippen molar-refractivity contribution in [3.8, 4) is 0 Å². The third-order valence-corrected chi connectivity index (χ3v) is 5.85. The molecular weight excluding hydrogens is 412 g/mol. The van der Waals surface area contributed by atoms with Crippen LogP contribution in [0.3, 0.4) is 0 Å². The number of fused-ring (bicyclic) bond motifs is 1. The Morgan fingerprint density at radius 3 is 2.71 bits per heavy atom. The molecule has 160 valence electrons. The van der Waals surface area contributed by atoms with Gasteiger partial charge < -0.3 is 20.2 Å². The van der Waals surface area contributed by atoms with Gasteiger partial charge in [0.25, 0.3) is 0 Å². The van der Waals surface area contributed by atoms with E-state index < -0.39 is 5.97 Å². The van der Waals surface area contributed by atoms with Crippen molar-refractivity contribution in [2.24, 2.45) is 5.92 Å². The fourth-order valence-electron chi connectivity index (χ4n) is 3.84. The first-order valence-electron chi connectivity index (χ1n) is 10.2. The van der Waals surface area contributed by atoms with E-state index in [9.17, 15) is 4.79 Å². The van der Waals surface area contributed by atoms with Crippen LogP contribution in [-0.2, 0) is 0 Å². The molecule has 1 aliphatic rings. The van der Waals surface area contributed by atoms with Crippen LogP contribution >= 0.6 is 12.2 Å². The van der Waals surface area contributed by atoms with Crippen LogP contribution in [0.4, 0.5) is 11.5 Å². The molecule has 9 heteroatoms. The minimum atomic E-state index is -1.08. The average molecular weight is 437 g/mol. The van der Waals surface area contributed by atoms with Gasteiger partial charge in [0, 0.05) is 36.9 Å². The first-order chi connectivity index (χ1) is 14.9. The predicted molar refractivity (Wildman–Crippen MR) is 125 cm³/mol. The van der Waals surface area contributed by atoms with Gasteiger partial charge in [0.2, 0.25) is 0 Å². The van der Waals surface area contributed by atoms with Crippen molar-refractivity contribution in [1.82, 2.24) is 19.9 Å². The van der Waals surface area contributed by atoms with Gasteiger partial charge in [0.05, 0.1) is 24.0 Å². The van der Waals surface area contributed by atoms with Crippen LogP contribution in [0.1, 0.15) is 24.3 Å². The Morgan fingerprint density at radius 2 is 2.00 bits per heavy atom. The molecule has 1 fully saturated rings. The number of carbonyl (C=O) groups is 1. The highest BCUT2D eigenvalue weighted by Gasteiger charge is 2.31. The van der Waals surface area contributed by atoms with Gasteiger partial charge in [-0.15, -0.1) is 0 Å². The van der Waals surface area contributed by atoms with Gasteiger partial charge >= 0.3 is 5.97 Å². The number of benzene rings is 1. The third kappa shape index (κ3) is 4.41. The van der Waals surface area contributed by atoms with Gasteiger partial charge in [0.15, 0.2) is 10.8 Å². The van der Waals surface area contributed by atoms with Crippen molar-refractivity contribution in [2.45, 2.75) is 19.9 Å². The van der Waals surface area contributed by atoms with E-state index in [1.54, 1.807) is 6.20 Å². The summed E-state index contributed by atoms with van der Waals surface area (Å²) in [5.41, 5.74) is 1.80. The molecule has 4 rings (SSSR count). The Balaban J connectivity index is 1.51. The fraction of sp³-hybridized carbons (Fsp3) is 0.318. The molecule has 1 aliphatic heterocycles. The number of aromatic carboxylic acids is 1. The number of piperazine rings is 1. The van der Waals surface area contributed by atoms with Crippen molar-refractivity contribution in [2.75, 3.05) is 29.9 Å². The van der Waals surface area contributed by atoms with Gasteiger partial charge in [0.1, 0.15) is 5.82 Å². The smallest absolute Gasteiger partial charge is 0.356 e. The van der Waals surface area contributed by atoms with Gasteiger partial charge in [-0.2, -0.15) is 0 Å². The number of carboxylic acid groups (broad SMARTS) is 1. The number of hydrogen-bond acceptors (Lipinski definition) is 6. The molecule has 0 amide bonds. The van der Waals surface area contributed by atoms with Crippen LogP contribution in [0, 0.1) is 5.92 Å². The van der Waals surface area contributed by atoms with Crippen LogP contribution < -0.4 is 10.2 Å². The molecule has 3 heterocycles. The first kappa shape index (κ1) is 20.9. The van der Waals surface area contributed by atoms with Crippen LogP contribution in [0.25, 0.3) is 10.9 Å². The summed E-state index contributed by atoms with van der Waals surface area (Å²) in [6.07, 6.45) is 4.61. The molecule has 2 N–H and O–H groups in total. The van der Waals surface area contributed by atoms with Gasteiger partial charge in [-0.05, 0) is 42.4 Å². The Kier molecular flexibility index (Phi) is 5.94. The van der Waals surface area contributed by atoms with Gasteiger partial charge in [-0.3, -0.25) is 4.98 Å². The zero-order chi connectivity index (χ0) is 22.0. The summed E-state index contributed by atoms with van der Waals surface area (Å²) in [5, 5.41) is 14.2. The molecule has 3 aromatic rings. The summed E-state index contributed by atoms with van der Waals surface area (Å²) in [5.74, 6) is -0.0544. The molecule has 0 bridgehead atoms. The van der Waals surface area contributed by atoms with E-state index in [1.165, 1.54) is 12.4 Å². The van der Waals surface area contributed by atoms with Crippen molar-refractivity contribution in [1.29, 1.82) is 0 Å². The molecule has 1 atom stereocenters. The summed E-state index contributed by atoms with van der Waals surface area (Å²) in [6.45, 7) is 6.50. The third-order valence-electron chi connectivity index (χ3n) is 5.52. The van der Waals surface area contributed by atoms with Crippen molar-refractivity contribution >= 4 is 45.7 Å². The van der Waals surface area contributed by atoms with Crippen molar-refractivity contribution in [3.63, 3.8) is 0 Å². The number of thiocarbonyl (C=S) groups is 1. The van der Waals surface area contributed by atoms with E-state index in [0.29, 0.717) is 23.4 Å².